The standard InChI is InChI=1S/C15H18FNO/c1-11-9-15(16)4-3-13(11)5-7-17-12(2)14-6-8-18-10-14/h3-4,6,8-10,12,17H,5,7H2,1-2H3. The lowest BCUT2D eigenvalue weighted by molar-refractivity contribution is 0.539. The second kappa shape index (κ2) is 5.83. The van der Waals surface area contributed by atoms with Gasteiger partial charge in [-0.1, -0.05) is 6.07 Å². The van der Waals surface area contributed by atoms with Gasteiger partial charge >= 0.3 is 0 Å². The molecule has 0 bridgehead atoms. The zero-order valence-corrected chi connectivity index (χ0v) is 10.7. The average Bonchev–Trinajstić information content (AvgIpc) is 2.85. The maximum Gasteiger partial charge on any atom is 0.123 e. The van der Waals surface area contributed by atoms with Gasteiger partial charge in [0.1, 0.15) is 5.82 Å². The molecule has 2 aromatic rings. The third-order valence-electron chi connectivity index (χ3n) is 3.19. The monoisotopic (exact) mass is 247 g/mol. The molecule has 1 aromatic heterocycles. The minimum atomic E-state index is -0.170. The van der Waals surface area contributed by atoms with Gasteiger partial charge in [0.05, 0.1) is 12.5 Å². The molecule has 0 spiro atoms. The van der Waals surface area contributed by atoms with Gasteiger partial charge in [-0.2, -0.15) is 0 Å². The molecular weight excluding hydrogens is 229 g/mol. The van der Waals surface area contributed by atoms with Crippen LogP contribution in [0.4, 0.5) is 4.39 Å². The molecule has 0 saturated heterocycles. The minimum absolute atomic E-state index is 0.170. The Morgan fingerprint density at radius 2 is 2.17 bits per heavy atom. The van der Waals surface area contributed by atoms with Crippen LogP contribution in [0, 0.1) is 12.7 Å². The van der Waals surface area contributed by atoms with Crippen molar-refractivity contribution in [2.45, 2.75) is 26.3 Å². The van der Waals surface area contributed by atoms with Crippen LogP contribution in [0.5, 0.6) is 0 Å². The van der Waals surface area contributed by atoms with Crippen LogP contribution in [0.25, 0.3) is 0 Å². The third kappa shape index (κ3) is 3.20. The molecule has 1 N–H and O–H groups in total. The van der Waals surface area contributed by atoms with E-state index >= 15 is 0 Å². The van der Waals surface area contributed by atoms with Crippen LogP contribution in [0.2, 0.25) is 0 Å². The van der Waals surface area contributed by atoms with Crippen LogP contribution in [0.15, 0.2) is 41.2 Å². The lowest BCUT2D eigenvalue weighted by atomic mass is 10.1. The number of benzene rings is 1. The van der Waals surface area contributed by atoms with Gasteiger partial charge in [0.15, 0.2) is 0 Å². The van der Waals surface area contributed by atoms with E-state index in [1.165, 1.54) is 11.6 Å². The number of halogens is 1. The second-order valence-corrected chi connectivity index (χ2v) is 4.55. The first-order chi connectivity index (χ1) is 8.66. The average molecular weight is 247 g/mol. The van der Waals surface area contributed by atoms with E-state index in [0.29, 0.717) is 0 Å². The maximum absolute atomic E-state index is 13.0. The Balaban J connectivity index is 1.85. The molecule has 0 aliphatic carbocycles. The zero-order valence-electron chi connectivity index (χ0n) is 10.7. The van der Waals surface area contributed by atoms with Crippen molar-refractivity contribution in [3.63, 3.8) is 0 Å². The highest BCUT2D eigenvalue weighted by Gasteiger charge is 2.06. The molecule has 3 heteroatoms. The van der Waals surface area contributed by atoms with E-state index in [2.05, 4.69) is 12.2 Å². The lowest BCUT2D eigenvalue weighted by Gasteiger charge is -2.12. The van der Waals surface area contributed by atoms with Crippen molar-refractivity contribution in [3.05, 3.63) is 59.3 Å². The molecule has 1 heterocycles. The Bertz CT molecular complexity index is 493. The molecule has 1 aromatic carbocycles. The van der Waals surface area contributed by atoms with E-state index in [4.69, 9.17) is 4.42 Å². The summed E-state index contributed by atoms with van der Waals surface area (Å²) in [5, 5.41) is 3.42. The summed E-state index contributed by atoms with van der Waals surface area (Å²) < 4.78 is 18.0. The summed E-state index contributed by atoms with van der Waals surface area (Å²) in [6.45, 7) is 4.90. The van der Waals surface area contributed by atoms with Gasteiger partial charge in [-0.05, 0) is 56.1 Å². The summed E-state index contributed by atoms with van der Waals surface area (Å²) in [6.07, 6.45) is 4.33. The van der Waals surface area contributed by atoms with Crippen molar-refractivity contribution in [2.24, 2.45) is 0 Å². The van der Waals surface area contributed by atoms with Gasteiger partial charge in [0, 0.05) is 11.6 Å². The molecule has 1 unspecified atom stereocenters. The normalized spacial score (nSPS) is 12.6. The zero-order chi connectivity index (χ0) is 13.0. The van der Waals surface area contributed by atoms with Crippen LogP contribution in [0.3, 0.4) is 0 Å². The van der Waals surface area contributed by atoms with E-state index in [1.807, 2.05) is 19.1 Å². The quantitative estimate of drug-likeness (QED) is 0.873. The number of aryl methyl sites for hydroxylation is 1. The fourth-order valence-corrected chi connectivity index (χ4v) is 2.00. The highest BCUT2D eigenvalue weighted by molar-refractivity contribution is 5.26. The van der Waals surface area contributed by atoms with Crippen molar-refractivity contribution in [1.29, 1.82) is 0 Å². The molecule has 18 heavy (non-hydrogen) atoms. The van der Waals surface area contributed by atoms with E-state index in [9.17, 15) is 4.39 Å². The molecule has 2 nitrogen and oxygen atoms in total. The summed E-state index contributed by atoms with van der Waals surface area (Å²) in [6, 6.07) is 7.18. The van der Waals surface area contributed by atoms with Crippen molar-refractivity contribution in [2.75, 3.05) is 6.54 Å². The molecule has 0 aliphatic heterocycles. The second-order valence-electron chi connectivity index (χ2n) is 4.55. The molecular formula is C15H18FNO. The molecule has 0 aliphatic rings. The first-order valence-corrected chi connectivity index (χ1v) is 6.17. The first kappa shape index (κ1) is 12.8. The van der Waals surface area contributed by atoms with E-state index in [1.54, 1.807) is 18.6 Å². The Labute approximate surface area is 107 Å². The number of hydrogen-bond acceptors (Lipinski definition) is 2. The van der Waals surface area contributed by atoms with Crippen LogP contribution in [-0.4, -0.2) is 6.54 Å². The van der Waals surface area contributed by atoms with Gasteiger partial charge in [-0.25, -0.2) is 4.39 Å². The van der Waals surface area contributed by atoms with E-state index in [0.717, 1.165) is 24.1 Å². The SMILES string of the molecule is Cc1cc(F)ccc1CCNC(C)c1ccoc1. The van der Waals surface area contributed by atoms with Crippen LogP contribution in [0.1, 0.15) is 29.7 Å². The molecule has 0 saturated carbocycles. The van der Waals surface area contributed by atoms with Crippen LogP contribution >= 0.6 is 0 Å². The summed E-state index contributed by atoms with van der Waals surface area (Å²) in [7, 11) is 0. The summed E-state index contributed by atoms with van der Waals surface area (Å²) in [4.78, 5) is 0. The smallest absolute Gasteiger partial charge is 0.123 e. The molecule has 2 rings (SSSR count). The Morgan fingerprint density at radius 1 is 1.33 bits per heavy atom. The molecule has 0 fully saturated rings. The topological polar surface area (TPSA) is 25.2 Å². The minimum Gasteiger partial charge on any atom is -0.472 e. The number of rotatable bonds is 5. The van der Waals surface area contributed by atoms with Gasteiger partial charge in [-0.15, -0.1) is 0 Å². The number of hydrogen-bond donors (Lipinski definition) is 1. The van der Waals surface area contributed by atoms with Crippen LogP contribution < -0.4 is 5.32 Å². The lowest BCUT2D eigenvalue weighted by Crippen LogP contribution is -2.21. The summed E-state index contributed by atoms with van der Waals surface area (Å²) in [5.41, 5.74) is 3.34. The van der Waals surface area contributed by atoms with Crippen molar-refractivity contribution >= 4 is 0 Å². The first-order valence-electron chi connectivity index (χ1n) is 6.17. The molecule has 0 radical (unpaired) electrons. The predicted octanol–water partition coefficient (Wildman–Crippen LogP) is 3.62. The Hall–Kier alpha value is -1.61. The van der Waals surface area contributed by atoms with Crippen molar-refractivity contribution < 1.29 is 8.81 Å². The highest BCUT2D eigenvalue weighted by atomic mass is 19.1. The van der Waals surface area contributed by atoms with Crippen LogP contribution in [-0.2, 0) is 6.42 Å². The van der Waals surface area contributed by atoms with Gasteiger partial charge in [-0.3, -0.25) is 0 Å². The van der Waals surface area contributed by atoms with Crippen molar-refractivity contribution in [1.82, 2.24) is 5.32 Å². The highest BCUT2D eigenvalue weighted by Crippen LogP contribution is 2.13. The van der Waals surface area contributed by atoms with E-state index in [-0.39, 0.29) is 11.9 Å². The van der Waals surface area contributed by atoms with Gasteiger partial charge in [0.25, 0.3) is 0 Å². The maximum atomic E-state index is 13.0. The summed E-state index contributed by atoms with van der Waals surface area (Å²) in [5.74, 6) is -0.170. The third-order valence-corrected chi connectivity index (χ3v) is 3.19. The fourth-order valence-electron chi connectivity index (χ4n) is 2.00. The molecule has 0 amide bonds. The Kier molecular flexibility index (Phi) is 4.15. The summed E-state index contributed by atoms with van der Waals surface area (Å²) >= 11 is 0. The number of nitrogens with one attached hydrogen (secondary N) is 1. The van der Waals surface area contributed by atoms with E-state index < -0.39 is 0 Å². The number of furan rings is 1. The fraction of sp³-hybridized carbons (Fsp3) is 0.333. The largest absolute Gasteiger partial charge is 0.472 e. The predicted molar refractivity (Wildman–Crippen MR) is 70.0 cm³/mol. The van der Waals surface area contributed by atoms with Crippen molar-refractivity contribution in [3.8, 4) is 0 Å². The molecule has 96 valence electrons. The van der Waals surface area contributed by atoms with Gasteiger partial charge in [0.2, 0.25) is 0 Å². The molecule has 1 atom stereocenters. The van der Waals surface area contributed by atoms with Gasteiger partial charge < -0.3 is 9.73 Å². The Morgan fingerprint density at radius 3 is 2.83 bits per heavy atom.